The van der Waals surface area contributed by atoms with Gasteiger partial charge in [-0.25, -0.2) is 19.9 Å². The first-order valence-corrected chi connectivity index (χ1v) is 9.34. The summed E-state index contributed by atoms with van der Waals surface area (Å²) in [6.45, 7) is 1.78. The molecule has 3 N–H and O–H groups in total. The van der Waals surface area contributed by atoms with Gasteiger partial charge in [0, 0.05) is 29.1 Å². The SMILES string of the molecule is CNC(C)C(=O)Nc1ccc(-c2cncnc2)c(C#Cc2ccc3nc[nH]c3c2)n1. The van der Waals surface area contributed by atoms with Crippen LogP contribution in [0.15, 0.2) is 55.4 Å². The highest BCUT2D eigenvalue weighted by Gasteiger charge is 2.13. The van der Waals surface area contributed by atoms with Crippen molar-refractivity contribution in [1.82, 2.24) is 30.2 Å². The molecular weight excluding hydrogens is 378 g/mol. The minimum Gasteiger partial charge on any atom is -0.345 e. The number of hydrogen-bond acceptors (Lipinski definition) is 6. The Morgan fingerprint density at radius 2 is 1.97 bits per heavy atom. The average molecular weight is 397 g/mol. The highest BCUT2D eigenvalue weighted by Crippen LogP contribution is 2.22. The fourth-order valence-electron chi connectivity index (χ4n) is 2.81. The third kappa shape index (κ3) is 4.16. The van der Waals surface area contributed by atoms with Gasteiger partial charge in [-0.15, -0.1) is 0 Å². The molecule has 0 aliphatic heterocycles. The molecule has 148 valence electrons. The van der Waals surface area contributed by atoms with Crippen molar-refractivity contribution in [1.29, 1.82) is 0 Å². The summed E-state index contributed by atoms with van der Waals surface area (Å²) >= 11 is 0. The number of rotatable bonds is 4. The molecule has 8 heteroatoms. The molecule has 0 aliphatic carbocycles. The van der Waals surface area contributed by atoms with Crippen LogP contribution < -0.4 is 10.6 Å². The molecule has 1 amide bonds. The molecule has 0 saturated carbocycles. The summed E-state index contributed by atoms with van der Waals surface area (Å²) in [6.07, 6.45) is 6.52. The number of H-pyrrole nitrogens is 1. The van der Waals surface area contributed by atoms with Crippen molar-refractivity contribution in [3.8, 4) is 23.0 Å². The molecule has 3 aromatic heterocycles. The largest absolute Gasteiger partial charge is 0.345 e. The Morgan fingerprint density at radius 1 is 1.13 bits per heavy atom. The Balaban J connectivity index is 1.73. The number of fused-ring (bicyclic) bond motifs is 1. The maximum Gasteiger partial charge on any atom is 0.242 e. The number of nitrogens with zero attached hydrogens (tertiary/aromatic N) is 4. The molecule has 0 spiro atoms. The maximum atomic E-state index is 12.2. The van der Waals surface area contributed by atoms with Crippen LogP contribution in [0.25, 0.3) is 22.2 Å². The number of aromatic amines is 1. The van der Waals surface area contributed by atoms with Crippen molar-refractivity contribution in [3.05, 3.63) is 66.6 Å². The number of likely N-dealkylation sites (N-methyl/N-ethyl adjacent to an activating group) is 1. The van der Waals surface area contributed by atoms with Gasteiger partial charge in [0.25, 0.3) is 0 Å². The Kier molecular flexibility index (Phi) is 5.46. The predicted molar refractivity (Wildman–Crippen MR) is 114 cm³/mol. The van der Waals surface area contributed by atoms with Crippen LogP contribution in [0, 0.1) is 11.8 Å². The summed E-state index contributed by atoms with van der Waals surface area (Å²) in [4.78, 5) is 32.2. The lowest BCUT2D eigenvalue weighted by Crippen LogP contribution is -2.35. The van der Waals surface area contributed by atoms with E-state index < -0.39 is 0 Å². The van der Waals surface area contributed by atoms with E-state index in [0.29, 0.717) is 11.5 Å². The zero-order valence-corrected chi connectivity index (χ0v) is 16.5. The summed E-state index contributed by atoms with van der Waals surface area (Å²) < 4.78 is 0. The zero-order chi connectivity index (χ0) is 20.9. The molecular formula is C22H19N7O. The average Bonchev–Trinajstić information content (AvgIpc) is 3.25. The lowest BCUT2D eigenvalue weighted by molar-refractivity contribution is -0.117. The van der Waals surface area contributed by atoms with Crippen molar-refractivity contribution >= 4 is 22.8 Å². The monoisotopic (exact) mass is 397 g/mol. The van der Waals surface area contributed by atoms with E-state index in [1.165, 1.54) is 6.33 Å². The molecule has 0 aliphatic rings. The molecule has 0 bridgehead atoms. The van der Waals surface area contributed by atoms with Gasteiger partial charge >= 0.3 is 0 Å². The Hall–Kier alpha value is -4.09. The summed E-state index contributed by atoms with van der Waals surface area (Å²) in [5.74, 6) is 6.52. The van der Waals surface area contributed by atoms with E-state index in [4.69, 9.17) is 0 Å². The molecule has 1 atom stereocenters. The van der Waals surface area contributed by atoms with Crippen molar-refractivity contribution in [2.75, 3.05) is 12.4 Å². The van der Waals surface area contributed by atoms with Crippen LogP contribution in [-0.2, 0) is 4.79 Å². The minimum absolute atomic E-state index is 0.176. The molecule has 1 unspecified atom stereocenters. The third-order valence-corrected chi connectivity index (χ3v) is 4.59. The fraction of sp³-hybridized carbons (Fsp3) is 0.136. The normalized spacial score (nSPS) is 11.5. The number of nitrogens with one attached hydrogen (secondary N) is 3. The number of amides is 1. The Morgan fingerprint density at radius 3 is 2.77 bits per heavy atom. The number of anilines is 1. The number of aromatic nitrogens is 5. The number of pyridine rings is 1. The van der Waals surface area contributed by atoms with Crippen LogP contribution in [0.4, 0.5) is 5.82 Å². The van der Waals surface area contributed by atoms with E-state index in [1.54, 1.807) is 38.8 Å². The molecule has 30 heavy (non-hydrogen) atoms. The van der Waals surface area contributed by atoms with Crippen molar-refractivity contribution in [2.45, 2.75) is 13.0 Å². The highest BCUT2D eigenvalue weighted by atomic mass is 16.2. The topological polar surface area (TPSA) is 108 Å². The second-order valence-electron chi connectivity index (χ2n) is 6.60. The van der Waals surface area contributed by atoms with E-state index in [2.05, 4.69) is 47.4 Å². The van der Waals surface area contributed by atoms with Crippen LogP contribution in [0.5, 0.6) is 0 Å². The quantitative estimate of drug-likeness (QED) is 0.456. The van der Waals surface area contributed by atoms with Crippen molar-refractivity contribution in [2.24, 2.45) is 0 Å². The first-order valence-electron chi connectivity index (χ1n) is 9.34. The van der Waals surface area contributed by atoms with Crippen LogP contribution >= 0.6 is 0 Å². The summed E-state index contributed by atoms with van der Waals surface area (Å²) in [5, 5.41) is 5.71. The highest BCUT2D eigenvalue weighted by molar-refractivity contribution is 5.94. The van der Waals surface area contributed by atoms with Crippen LogP contribution in [0.1, 0.15) is 18.2 Å². The van der Waals surface area contributed by atoms with Gasteiger partial charge < -0.3 is 15.6 Å². The second kappa shape index (κ2) is 8.51. The molecule has 3 heterocycles. The van der Waals surface area contributed by atoms with Crippen molar-refractivity contribution in [3.63, 3.8) is 0 Å². The van der Waals surface area contributed by atoms with Gasteiger partial charge in [0.05, 0.1) is 23.4 Å². The zero-order valence-electron chi connectivity index (χ0n) is 16.5. The van der Waals surface area contributed by atoms with E-state index >= 15 is 0 Å². The summed E-state index contributed by atoms with van der Waals surface area (Å²) in [6, 6.07) is 9.00. The van der Waals surface area contributed by atoms with Crippen molar-refractivity contribution < 1.29 is 4.79 Å². The minimum atomic E-state index is -0.343. The number of carbonyl (C=O) groups is 1. The lowest BCUT2D eigenvalue weighted by atomic mass is 10.1. The summed E-state index contributed by atoms with van der Waals surface area (Å²) in [5.41, 5.74) is 4.70. The van der Waals surface area contributed by atoms with Gasteiger partial charge in [-0.1, -0.05) is 5.92 Å². The van der Waals surface area contributed by atoms with Crippen LogP contribution in [0.3, 0.4) is 0 Å². The van der Waals surface area contributed by atoms with Gasteiger partial charge in [0.1, 0.15) is 17.8 Å². The number of imidazole rings is 1. The molecule has 8 nitrogen and oxygen atoms in total. The molecule has 1 aromatic carbocycles. The van der Waals surface area contributed by atoms with Gasteiger partial charge in [-0.05, 0) is 50.2 Å². The fourth-order valence-corrected chi connectivity index (χ4v) is 2.81. The van der Waals surface area contributed by atoms with Gasteiger partial charge in [-0.3, -0.25) is 4.79 Å². The molecule has 4 rings (SSSR count). The van der Waals surface area contributed by atoms with Crippen LogP contribution in [-0.4, -0.2) is 43.9 Å². The van der Waals surface area contributed by atoms with Crippen LogP contribution in [0.2, 0.25) is 0 Å². The molecule has 0 saturated heterocycles. The number of hydrogen-bond donors (Lipinski definition) is 3. The van der Waals surface area contributed by atoms with E-state index in [9.17, 15) is 4.79 Å². The van der Waals surface area contributed by atoms with E-state index in [-0.39, 0.29) is 11.9 Å². The van der Waals surface area contributed by atoms with Gasteiger partial charge in [-0.2, -0.15) is 0 Å². The number of carbonyl (C=O) groups excluding carboxylic acids is 1. The van der Waals surface area contributed by atoms with E-state index in [0.717, 1.165) is 27.7 Å². The second-order valence-corrected chi connectivity index (χ2v) is 6.60. The lowest BCUT2D eigenvalue weighted by Gasteiger charge is -2.12. The Bertz CT molecular complexity index is 1250. The predicted octanol–water partition coefficient (Wildman–Crippen LogP) is 2.36. The summed E-state index contributed by atoms with van der Waals surface area (Å²) in [7, 11) is 1.73. The Labute approximate surface area is 173 Å². The molecule has 4 aromatic rings. The van der Waals surface area contributed by atoms with E-state index in [1.807, 2.05) is 24.3 Å². The third-order valence-electron chi connectivity index (χ3n) is 4.59. The molecule has 0 fully saturated rings. The molecule has 0 radical (unpaired) electrons. The first-order chi connectivity index (χ1) is 14.6. The maximum absolute atomic E-state index is 12.2. The first kappa shape index (κ1) is 19.2. The van der Waals surface area contributed by atoms with Gasteiger partial charge in [0.15, 0.2) is 0 Å². The van der Waals surface area contributed by atoms with Gasteiger partial charge in [0.2, 0.25) is 5.91 Å². The smallest absolute Gasteiger partial charge is 0.242 e. The number of benzene rings is 1. The standard InChI is InChI=1S/C22H19N7O/c1-14(23-2)22(30)29-21-8-5-17(16-10-24-12-25-11-16)18(28-21)6-3-15-4-7-19-20(9-15)27-13-26-19/h4-5,7-14,23H,1-2H3,(H,26,27)(H,28,29,30).